The van der Waals surface area contributed by atoms with Gasteiger partial charge >= 0.3 is 5.97 Å². The summed E-state index contributed by atoms with van der Waals surface area (Å²) in [5, 5.41) is 49.6. The maximum atomic E-state index is 13.9. The number of carbonyl (C=O) groups excluding carboxylic acids is 2. The van der Waals surface area contributed by atoms with E-state index in [-0.39, 0.29) is 43.4 Å². The minimum absolute atomic E-state index is 0.0750. The Hall–Kier alpha value is -1.42. The fraction of sp³-hybridized carbons (Fsp3) is 0.944. The zero-order chi connectivity index (χ0) is 37.4. The van der Waals surface area contributed by atoms with Crippen molar-refractivity contribution in [2.45, 2.75) is 161 Å². The zero-order valence-electron chi connectivity index (χ0n) is 32.2. The molecule has 0 aromatic carbocycles. The molecule has 2 aliphatic heterocycles. The number of rotatable bonds is 10. The Morgan fingerprint density at radius 3 is 2.31 bits per heavy atom. The van der Waals surface area contributed by atoms with Gasteiger partial charge < -0.3 is 54.5 Å². The summed E-state index contributed by atoms with van der Waals surface area (Å²) in [6.07, 6.45) is -4.38. The lowest BCUT2D eigenvalue weighted by molar-refractivity contribution is -0.300. The monoisotopic (exact) mass is 703 g/mol. The van der Waals surface area contributed by atoms with Crippen LogP contribution in [0.2, 0.25) is 0 Å². The van der Waals surface area contributed by atoms with Gasteiger partial charge in [0.15, 0.2) is 6.29 Å². The van der Waals surface area contributed by atoms with Crippen LogP contribution >= 0.6 is 0 Å². The molecule has 0 bridgehead atoms. The van der Waals surface area contributed by atoms with Gasteiger partial charge in [0, 0.05) is 44.1 Å². The van der Waals surface area contributed by atoms with E-state index in [9.17, 15) is 30.0 Å². The third kappa shape index (κ3) is 11.5. The summed E-state index contributed by atoms with van der Waals surface area (Å²) in [5.74, 6) is -2.33. The normalized spacial score (nSPS) is 42.3. The number of hydrogen-bond donors (Lipinski definition) is 5. The number of aliphatic hydroxyl groups is 4. The number of hydrogen-bond acceptors (Lipinski definition) is 12. The molecule has 2 heterocycles. The highest BCUT2D eigenvalue weighted by molar-refractivity contribution is 5.75. The van der Waals surface area contributed by atoms with Crippen LogP contribution in [0.1, 0.15) is 94.4 Å². The van der Waals surface area contributed by atoms with E-state index in [2.05, 4.69) is 5.32 Å². The van der Waals surface area contributed by atoms with Gasteiger partial charge in [-0.25, -0.2) is 0 Å². The maximum absolute atomic E-state index is 13.9. The Labute approximate surface area is 295 Å². The number of carbonyl (C=O) groups is 2. The Bertz CT molecular complexity index is 1030. The summed E-state index contributed by atoms with van der Waals surface area (Å²) in [5.41, 5.74) is -3.25. The van der Waals surface area contributed by atoms with Gasteiger partial charge in [0.05, 0.1) is 29.8 Å². The molecule has 0 unspecified atom stereocenters. The molecule has 2 aliphatic rings. The van der Waals surface area contributed by atoms with Crippen molar-refractivity contribution in [2.75, 3.05) is 40.8 Å². The third-order valence-electron chi connectivity index (χ3n) is 10.7. The summed E-state index contributed by atoms with van der Waals surface area (Å²) in [4.78, 5) is 29.6. The van der Waals surface area contributed by atoms with Crippen molar-refractivity contribution >= 4 is 11.9 Å². The second kappa shape index (κ2) is 18.9. The highest BCUT2D eigenvalue weighted by Crippen LogP contribution is 2.37. The van der Waals surface area contributed by atoms with Crippen molar-refractivity contribution in [3.63, 3.8) is 0 Å². The standard InChI is InChI=1S/C36H69N3O10/c1-13-27-36(9,45)31(42)25(7)39(12)20-21(3)19-35(8,44)32(49-34-29(41)26(38(10)11)18-22(4)47-34)23(5)30(24(6)33(43)48-27)46-17-15-16-37-28(40)14-2/h21-27,29-32,34,41-42,44-45H,13-20H2,1-12H3,(H,37,40)/t21-,22-,23+,24-,25-,26+,27-,29-,30+,31-,32-,34+,35-,36-/m1/s1. The second-order valence-electron chi connectivity index (χ2n) is 15.5. The fourth-order valence-corrected chi connectivity index (χ4v) is 7.67. The summed E-state index contributed by atoms with van der Waals surface area (Å²) in [6.45, 7) is 17.1. The van der Waals surface area contributed by atoms with E-state index in [0.29, 0.717) is 32.4 Å². The highest BCUT2D eigenvalue weighted by atomic mass is 16.7. The predicted octanol–water partition coefficient (Wildman–Crippen LogP) is 1.92. The fourth-order valence-electron chi connectivity index (χ4n) is 7.67. The molecule has 14 atom stereocenters. The predicted molar refractivity (Wildman–Crippen MR) is 187 cm³/mol. The van der Waals surface area contributed by atoms with Crippen LogP contribution in [0.4, 0.5) is 0 Å². The van der Waals surface area contributed by atoms with Crippen LogP contribution in [-0.2, 0) is 28.5 Å². The molecule has 2 saturated heterocycles. The van der Waals surface area contributed by atoms with E-state index in [1.165, 1.54) is 6.92 Å². The van der Waals surface area contributed by atoms with Gasteiger partial charge in [-0.15, -0.1) is 0 Å². The van der Waals surface area contributed by atoms with Crippen molar-refractivity contribution in [2.24, 2.45) is 17.8 Å². The number of likely N-dealkylation sites (N-methyl/N-ethyl adjacent to an activating group) is 2. The van der Waals surface area contributed by atoms with Gasteiger partial charge in [0.2, 0.25) is 5.91 Å². The molecular formula is C36H69N3O10. The largest absolute Gasteiger partial charge is 0.459 e. The molecule has 13 heteroatoms. The molecule has 0 aromatic rings. The Balaban J connectivity index is 2.62. The zero-order valence-corrected chi connectivity index (χ0v) is 32.2. The van der Waals surface area contributed by atoms with Crippen LogP contribution in [0.25, 0.3) is 0 Å². The minimum atomic E-state index is -1.76. The van der Waals surface area contributed by atoms with Gasteiger partial charge in [-0.2, -0.15) is 0 Å². The van der Waals surface area contributed by atoms with Gasteiger partial charge in [-0.3, -0.25) is 9.59 Å². The molecule has 49 heavy (non-hydrogen) atoms. The maximum Gasteiger partial charge on any atom is 0.311 e. The van der Waals surface area contributed by atoms with E-state index in [0.717, 1.165) is 0 Å². The van der Waals surface area contributed by atoms with Crippen LogP contribution < -0.4 is 5.32 Å². The molecule has 5 N–H and O–H groups in total. The average molecular weight is 704 g/mol. The first kappa shape index (κ1) is 43.7. The molecule has 1 amide bonds. The van der Waals surface area contributed by atoms with E-state index >= 15 is 0 Å². The molecule has 13 nitrogen and oxygen atoms in total. The molecule has 0 radical (unpaired) electrons. The summed E-state index contributed by atoms with van der Waals surface area (Å²) in [6, 6.07) is -0.752. The molecule has 0 aromatic heterocycles. The van der Waals surface area contributed by atoms with Gasteiger partial charge in [-0.1, -0.05) is 27.7 Å². The van der Waals surface area contributed by atoms with Crippen LogP contribution in [0.3, 0.4) is 0 Å². The molecule has 0 saturated carbocycles. The smallest absolute Gasteiger partial charge is 0.311 e. The first-order chi connectivity index (χ1) is 22.7. The molecule has 2 rings (SSSR count). The van der Waals surface area contributed by atoms with E-state index < -0.39 is 71.9 Å². The number of nitrogens with zero attached hydrogens (tertiary/aromatic N) is 2. The van der Waals surface area contributed by atoms with Gasteiger partial charge in [0.25, 0.3) is 0 Å². The first-order valence-electron chi connectivity index (χ1n) is 18.3. The SMILES string of the molecule is CCC(=O)NCCCO[C@H]1[C@H](C)[C@@H](O[C@@H]2O[C@H](C)C[C@H](N(C)C)[C@H]2O)[C@](C)(O)C[C@@H](C)CN(C)[C@H](C)[C@@H](O)[C@](C)(O)[C@@H](CC)OC(=O)[C@@H]1C. The lowest BCUT2D eigenvalue weighted by atomic mass is 9.77. The topological polar surface area (TPSA) is 170 Å². The first-order valence-corrected chi connectivity index (χ1v) is 18.3. The van der Waals surface area contributed by atoms with Crippen molar-refractivity contribution in [1.82, 2.24) is 15.1 Å². The summed E-state index contributed by atoms with van der Waals surface area (Å²) in [7, 11) is 5.63. The number of cyclic esters (lactones) is 1. The lowest BCUT2D eigenvalue weighted by Gasteiger charge is -2.47. The second-order valence-corrected chi connectivity index (χ2v) is 15.5. The molecular weight excluding hydrogens is 634 g/mol. The number of ether oxygens (including phenoxy) is 4. The quantitative estimate of drug-likeness (QED) is 0.166. The van der Waals surface area contributed by atoms with Crippen LogP contribution in [0.15, 0.2) is 0 Å². The number of amides is 1. The number of nitrogens with one attached hydrogen (secondary N) is 1. The van der Waals surface area contributed by atoms with E-state index in [1.54, 1.807) is 27.7 Å². The minimum Gasteiger partial charge on any atom is -0.459 e. The van der Waals surface area contributed by atoms with Gasteiger partial charge in [-0.05, 0) is 87.4 Å². The van der Waals surface area contributed by atoms with Crippen LogP contribution in [0.5, 0.6) is 0 Å². The lowest BCUT2D eigenvalue weighted by Crippen LogP contribution is -2.59. The molecule has 0 spiro atoms. The van der Waals surface area contributed by atoms with Crippen molar-refractivity contribution in [3.8, 4) is 0 Å². The van der Waals surface area contributed by atoms with E-state index in [1.807, 2.05) is 58.6 Å². The Morgan fingerprint density at radius 1 is 1.10 bits per heavy atom. The average Bonchev–Trinajstić information content (AvgIpc) is 3.02. The van der Waals surface area contributed by atoms with Gasteiger partial charge in [0.1, 0.15) is 23.9 Å². The van der Waals surface area contributed by atoms with Crippen molar-refractivity contribution in [3.05, 3.63) is 0 Å². The Morgan fingerprint density at radius 2 is 1.73 bits per heavy atom. The summed E-state index contributed by atoms with van der Waals surface area (Å²) < 4.78 is 25.2. The van der Waals surface area contributed by atoms with Crippen molar-refractivity contribution in [1.29, 1.82) is 0 Å². The number of esters is 1. The molecule has 0 aliphatic carbocycles. The van der Waals surface area contributed by atoms with E-state index in [4.69, 9.17) is 18.9 Å². The van der Waals surface area contributed by atoms with Crippen molar-refractivity contribution < 1.29 is 49.0 Å². The number of aliphatic hydroxyl groups excluding tert-OH is 2. The highest BCUT2D eigenvalue weighted by Gasteiger charge is 2.50. The Kier molecular flexibility index (Phi) is 16.9. The third-order valence-corrected chi connectivity index (χ3v) is 10.7. The molecule has 2 fully saturated rings. The summed E-state index contributed by atoms with van der Waals surface area (Å²) >= 11 is 0. The van der Waals surface area contributed by atoms with Crippen LogP contribution in [0, 0.1) is 17.8 Å². The van der Waals surface area contributed by atoms with Crippen LogP contribution in [-0.4, -0.2) is 149 Å². The molecule has 288 valence electrons.